The van der Waals surface area contributed by atoms with Crippen molar-refractivity contribution >= 4 is 91.7 Å². The minimum absolute atomic E-state index is 0.0152. The molecule has 0 aliphatic carbocycles. The summed E-state index contributed by atoms with van der Waals surface area (Å²) in [5.41, 5.74) is 0.640. The number of amides is 1. The van der Waals surface area contributed by atoms with Gasteiger partial charge >= 0.3 is 5.97 Å². The zero-order chi connectivity index (χ0) is 17.9. The van der Waals surface area contributed by atoms with Crippen molar-refractivity contribution in [2.45, 2.75) is 0 Å². The molecule has 0 fully saturated rings. The highest BCUT2D eigenvalue weighted by molar-refractivity contribution is 14.1. The lowest BCUT2D eigenvalue weighted by Crippen LogP contribution is -2.34. The normalized spacial score (nSPS) is 10.1. The maximum Gasteiger partial charge on any atom is 0.337 e. The van der Waals surface area contributed by atoms with E-state index in [1.807, 2.05) is 22.6 Å². The van der Waals surface area contributed by atoms with Crippen LogP contribution in [0.3, 0.4) is 0 Å². The van der Waals surface area contributed by atoms with Crippen LogP contribution in [-0.4, -0.2) is 22.1 Å². The van der Waals surface area contributed by atoms with Crippen molar-refractivity contribution in [1.82, 2.24) is 5.32 Å². The molecule has 0 unspecified atom stereocenters. The van der Waals surface area contributed by atoms with E-state index >= 15 is 0 Å². The maximum atomic E-state index is 12.2. The average molecular weight is 587 g/mol. The molecule has 9 heteroatoms. The Balaban J connectivity index is 2.15. The molecule has 0 saturated carbocycles. The third-order valence-electron chi connectivity index (χ3n) is 2.86. The molecule has 24 heavy (non-hydrogen) atoms. The Morgan fingerprint density at radius 3 is 2.25 bits per heavy atom. The molecular formula is C15H9ClI2N2O3S. The maximum absolute atomic E-state index is 12.2. The van der Waals surface area contributed by atoms with Crippen LogP contribution in [0, 0.1) is 7.14 Å². The van der Waals surface area contributed by atoms with E-state index in [-0.39, 0.29) is 16.2 Å². The molecule has 0 atom stereocenters. The van der Waals surface area contributed by atoms with E-state index < -0.39 is 11.9 Å². The summed E-state index contributed by atoms with van der Waals surface area (Å²) in [6.07, 6.45) is 0. The molecular weight excluding hydrogens is 578 g/mol. The van der Waals surface area contributed by atoms with E-state index in [2.05, 4.69) is 33.2 Å². The van der Waals surface area contributed by atoms with E-state index in [4.69, 9.17) is 23.8 Å². The van der Waals surface area contributed by atoms with Crippen molar-refractivity contribution in [3.8, 4) is 0 Å². The SMILES string of the molecule is O=C(NC(=S)Nc1ccc(I)cc1C(=O)O)c1cc(I)ccc1Cl. The van der Waals surface area contributed by atoms with Gasteiger partial charge in [0.05, 0.1) is 21.8 Å². The Hall–Kier alpha value is -0.980. The number of aromatic carboxylic acids is 1. The van der Waals surface area contributed by atoms with Crippen molar-refractivity contribution in [2.75, 3.05) is 5.32 Å². The molecule has 2 aromatic rings. The summed E-state index contributed by atoms with van der Waals surface area (Å²) < 4.78 is 1.63. The van der Waals surface area contributed by atoms with E-state index in [1.165, 1.54) is 6.07 Å². The first-order valence-corrected chi connectivity index (χ1v) is 9.32. The summed E-state index contributed by atoms with van der Waals surface area (Å²) in [6, 6.07) is 9.86. The summed E-state index contributed by atoms with van der Waals surface area (Å²) in [5.74, 6) is -1.57. The molecule has 2 aromatic carbocycles. The smallest absolute Gasteiger partial charge is 0.337 e. The number of hydrogen-bond donors (Lipinski definition) is 3. The number of anilines is 1. The molecule has 0 spiro atoms. The zero-order valence-electron chi connectivity index (χ0n) is 11.8. The van der Waals surface area contributed by atoms with Gasteiger partial charge in [-0.25, -0.2) is 4.79 Å². The van der Waals surface area contributed by atoms with Gasteiger partial charge in [-0.05, 0) is 93.8 Å². The van der Waals surface area contributed by atoms with Gasteiger partial charge in [0, 0.05) is 7.14 Å². The fourth-order valence-electron chi connectivity index (χ4n) is 1.80. The number of carboxylic acid groups (broad SMARTS) is 1. The quantitative estimate of drug-likeness (QED) is 0.368. The summed E-state index contributed by atoms with van der Waals surface area (Å²) in [7, 11) is 0. The summed E-state index contributed by atoms with van der Waals surface area (Å²) in [5, 5.41) is 14.7. The number of rotatable bonds is 3. The largest absolute Gasteiger partial charge is 0.478 e. The molecule has 1 amide bonds. The molecule has 2 rings (SSSR count). The third-order valence-corrected chi connectivity index (χ3v) is 4.74. The number of halogens is 3. The highest BCUT2D eigenvalue weighted by Gasteiger charge is 2.15. The van der Waals surface area contributed by atoms with Crippen LogP contribution in [0.1, 0.15) is 20.7 Å². The Kier molecular flexibility index (Phi) is 6.78. The molecule has 0 heterocycles. The first kappa shape index (κ1) is 19.3. The highest BCUT2D eigenvalue weighted by Crippen LogP contribution is 2.20. The number of carboxylic acids is 1. The second-order valence-corrected chi connectivity index (χ2v) is 7.83. The number of carbonyl (C=O) groups excluding carboxylic acids is 1. The van der Waals surface area contributed by atoms with Crippen molar-refractivity contribution < 1.29 is 14.7 Å². The van der Waals surface area contributed by atoms with Crippen molar-refractivity contribution in [3.63, 3.8) is 0 Å². The first-order chi connectivity index (χ1) is 11.3. The topological polar surface area (TPSA) is 78.4 Å². The van der Waals surface area contributed by atoms with Gasteiger partial charge < -0.3 is 10.4 Å². The number of hydrogen-bond acceptors (Lipinski definition) is 3. The lowest BCUT2D eigenvalue weighted by atomic mass is 10.2. The number of thiocarbonyl (C=S) groups is 1. The number of carbonyl (C=O) groups is 2. The predicted octanol–water partition coefficient (Wildman–Crippen LogP) is 4.37. The molecule has 0 aromatic heterocycles. The lowest BCUT2D eigenvalue weighted by molar-refractivity contribution is 0.0697. The molecule has 0 radical (unpaired) electrons. The van der Waals surface area contributed by atoms with Crippen LogP contribution in [0.5, 0.6) is 0 Å². The van der Waals surface area contributed by atoms with Gasteiger partial charge in [-0.2, -0.15) is 0 Å². The highest BCUT2D eigenvalue weighted by atomic mass is 127. The van der Waals surface area contributed by atoms with Crippen molar-refractivity contribution in [2.24, 2.45) is 0 Å². The van der Waals surface area contributed by atoms with Crippen molar-refractivity contribution in [3.05, 3.63) is 59.7 Å². The summed E-state index contributed by atoms with van der Waals surface area (Å²) >= 11 is 15.2. The van der Waals surface area contributed by atoms with E-state index in [0.717, 1.165) is 7.14 Å². The third kappa shape index (κ3) is 5.01. The first-order valence-electron chi connectivity index (χ1n) is 6.38. The van der Waals surface area contributed by atoms with Gasteiger partial charge in [-0.3, -0.25) is 10.1 Å². The molecule has 5 nitrogen and oxygen atoms in total. The number of nitrogens with one attached hydrogen (secondary N) is 2. The van der Waals surface area contributed by atoms with E-state index in [0.29, 0.717) is 10.7 Å². The minimum atomic E-state index is -1.09. The van der Waals surface area contributed by atoms with Crippen LogP contribution in [-0.2, 0) is 0 Å². The Bertz CT molecular complexity index is 845. The molecule has 0 aliphatic rings. The average Bonchev–Trinajstić information content (AvgIpc) is 2.51. The van der Waals surface area contributed by atoms with Crippen molar-refractivity contribution in [1.29, 1.82) is 0 Å². The monoisotopic (exact) mass is 586 g/mol. The van der Waals surface area contributed by atoms with Gasteiger partial charge in [0.15, 0.2) is 5.11 Å². The molecule has 3 N–H and O–H groups in total. The second-order valence-electron chi connectivity index (χ2n) is 4.53. The van der Waals surface area contributed by atoms with Gasteiger partial charge in [-0.1, -0.05) is 11.6 Å². The molecule has 0 bridgehead atoms. The second kappa shape index (κ2) is 8.41. The minimum Gasteiger partial charge on any atom is -0.478 e. The zero-order valence-corrected chi connectivity index (χ0v) is 17.7. The van der Waals surface area contributed by atoms with Gasteiger partial charge in [-0.15, -0.1) is 0 Å². The van der Waals surface area contributed by atoms with E-state index in [1.54, 1.807) is 30.3 Å². The Morgan fingerprint density at radius 1 is 1.04 bits per heavy atom. The Morgan fingerprint density at radius 2 is 1.62 bits per heavy atom. The van der Waals surface area contributed by atoms with Gasteiger partial charge in [0.25, 0.3) is 5.91 Å². The van der Waals surface area contributed by atoms with Crippen LogP contribution in [0.4, 0.5) is 5.69 Å². The molecule has 0 aliphatic heterocycles. The lowest BCUT2D eigenvalue weighted by Gasteiger charge is -2.12. The van der Waals surface area contributed by atoms with Gasteiger partial charge in [0.1, 0.15) is 0 Å². The van der Waals surface area contributed by atoms with Crippen LogP contribution in [0.15, 0.2) is 36.4 Å². The van der Waals surface area contributed by atoms with Crippen LogP contribution in [0.25, 0.3) is 0 Å². The van der Waals surface area contributed by atoms with Crippen LogP contribution < -0.4 is 10.6 Å². The summed E-state index contributed by atoms with van der Waals surface area (Å²) in [4.78, 5) is 23.5. The summed E-state index contributed by atoms with van der Waals surface area (Å²) in [6.45, 7) is 0. The Labute approximate surface area is 175 Å². The van der Waals surface area contributed by atoms with E-state index in [9.17, 15) is 14.7 Å². The predicted molar refractivity (Wildman–Crippen MR) is 114 cm³/mol. The van der Waals surface area contributed by atoms with Crippen LogP contribution >= 0.6 is 69.0 Å². The number of benzene rings is 2. The van der Waals surface area contributed by atoms with Crippen LogP contribution in [0.2, 0.25) is 5.02 Å². The standard InChI is InChI=1S/C15H9ClI2N2O3S/c16-11-3-1-7(17)5-9(11)13(21)20-15(24)19-12-4-2-8(18)6-10(12)14(22)23/h1-6H,(H,22,23)(H2,19,20,21,24). The van der Waals surface area contributed by atoms with Gasteiger partial charge in [0.2, 0.25) is 0 Å². The fourth-order valence-corrected chi connectivity index (χ4v) is 3.19. The molecule has 124 valence electrons. The fraction of sp³-hybridized carbons (Fsp3) is 0. The molecule has 0 saturated heterocycles.